The van der Waals surface area contributed by atoms with Gasteiger partial charge in [0.05, 0.1) is 32.4 Å². The lowest BCUT2D eigenvalue weighted by atomic mass is 10.0. The minimum absolute atomic E-state index is 0.0977. The van der Waals surface area contributed by atoms with E-state index in [-0.39, 0.29) is 41.1 Å². The third-order valence-electron chi connectivity index (χ3n) is 4.42. The van der Waals surface area contributed by atoms with Crippen molar-refractivity contribution in [3.8, 4) is 28.6 Å². The van der Waals surface area contributed by atoms with Crippen molar-refractivity contribution in [2.45, 2.75) is 12.9 Å². The fourth-order valence-corrected chi connectivity index (χ4v) is 2.88. The Bertz CT molecular complexity index is 1120. The summed E-state index contributed by atoms with van der Waals surface area (Å²) in [7, 11) is 2.84. The molecule has 0 aliphatic heterocycles. The van der Waals surface area contributed by atoms with Crippen molar-refractivity contribution in [2.75, 3.05) is 20.0 Å². The molecule has 0 saturated carbocycles. The first-order valence-electron chi connectivity index (χ1n) is 9.38. The zero-order valence-corrected chi connectivity index (χ0v) is 17.6. The Labute approximate surface area is 186 Å². The minimum atomic E-state index is -4.79. The number of nitrogens with zero attached hydrogens (tertiary/aromatic N) is 3. The molecule has 0 fully saturated rings. The molecule has 174 valence electrons. The van der Waals surface area contributed by atoms with E-state index < -0.39 is 12.3 Å². The van der Waals surface area contributed by atoms with E-state index in [0.717, 1.165) is 5.01 Å². The molecule has 2 aromatic carbocycles. The maximum Gasteiger partial charge on any atom is 0.573 e. The fourth-order valence-electron chi connectivity index (χ4n) is 2.88. The Morgan fingerprint density at radius 2 is 1.55 bits per heavy atom. The van der Waals surface area contributed by atoms with Crippen LogP contribution in [-0.2, 0) is 6.54 Å². The Morgan fingerprint density at radius 3 is 2.09 bits per heavy atom. The van der Waals surface area contributed by atoms with Gasteiger partial charge in [0.2, 0.25) is 11.8 Å². The summed E-state index contributed by atoms with van der Waals surface area (Å²) in [5.74, 6) is 5.61. The second-order valence-electron chi connectivity index (χ2n) is 6.68. The molecule has 9 nitrogen and oxygen atoms in total. The number of methoxy groups -OCH3 is 2. The Balaban J connectivity index is 1.82. The molecule has 0 aliphatic carbocycles. The number of ether oxygens (including phenoxy) is 3. The van der Waals surface area contributed by atoms with Gasteiger partial charge in [-0.2, -0.15) is 9.97 Å². The molecule has 12 heteroatoms. The van der Waals surface area contributed by atoms with Crippen molar-refractivity contribution < 1.29 is 32.2 Å². The summed E-state index contributed by atoms with van der Waals surface area (Å²) in [6.07, 6.45) is -4.79. The van der Waals surface area contributed by atoms with E-state index >= 15 is 0 Å². The molecule has 0 aliphatic rings. The summed E-state index contributed by atoms with van der Waals surface area (Å²) in [6, 6.07) is 11.3. The number of nitrogen functional groups attached to an aromatic ring is 1. The maximum atomic E-state index is 12.9. The molecule has 0 bridgehead atoms. The standard InChI is InChI=1S/C21H20F3N5O4/c1-31-18-10-19(32-2)28-17(27-18)11-29(26)20(30)15-9-13(5-8-16(15)25)12-3-6-14(7-4-12)33-21(22,23)24/h3-10H,11,25-26H2,1-2H3. The lowest BCUT2D eigenvalue weighted by molar-refractivity contribution is -0.274. The number of alkyl halides is 3. The first-order chi connectivity index (χ1) is 15.6. The number of carbonyl (C=O) groups excluding carboxylic acids is 1. The Hall–Kier alpha value is -4.06. The lowest BCUT2D eigenvalue weighted by Crippen LogP contribution is -2.37. The van der Waals surface area contributed by atoms with Gasteiger partial charge in [-0.3, -0.25) is 9.80 Å². The van der Waals surface area contributed by atoms with Crippen LogP contribution in [0.5, 0.6) is 17.5 Å². The maximum absolute atomic E-state index is 12.9. The molecule has 0 radical (unpaired) electrons. The number of hydrogen-bond donors (Lipinski definition) is 2. The first-order valence-corrected chi connectivity index (χ1v) is 9.38. The molecule has 3 rings (SSSR count). The SMILES string of the molecule is COc1cc(OC)nc(CN(N)C(=O)c2cc(-c3ccc(OC(F)(F)F)cc3)ccc2N)n1. The minimum Gasteiger partial charge on any atom is -0.481 e. The Morgan fingerprint density at radius 1 is 0.970 bits per heavy atom. The zero-order chi connectivity index (χ0) is 24.2. The number of nitrogens with two attached hydrogens (primary N) is 2. The zero-order valence-electron chi connectivity index (χ0n) is 17.6. The summed E-state index contributed by atoms with van der Waals surface area (Å²) in [4.78, 5) is 21.2. The second kappa shape index (κ2) is 9.61. The molecule has 1 aromatic heterocycles. The normalized spacial score (nSPS) is 11.1. The van der Waals surface area contributed by atoms with Crippen LogP contribution in [0.25, 0.3) is 11.1 Å². The third kappa shape index (κ3) is 6.01. The number of carbonyl (C=O) groups is 1. The summed E-state index contributed by atoms with van der Waals surface area (Å²) in [6.45, 7) is -0.167. The van der Waals surface area contributed by atoms with E-state index in [2.05, 4.69) is 14.7 Å². The number of hydrogen-bond acceptors (Lipinski definition) is 8. The molecule has 0 atom stereocenters. The van der Waals surface area contributed by atoms with Crippen molar-refractivity contribution in [2.24, 2.45) is 5.84 Å². The van der Waals surface area contributed by atoms with Gasteiger partial charge in [0.1, 0.15) is 5.75 Å². The van der Waals surface area contributed by atoms with Gasteiger partial charge < -0.3 is 19.9 Å². The average molecular weight is 463 g/mol. The molecule has 0 spiro atoms. The Kier molecular flexibility index (Phi) is 6.87. The van der Waals surface area contributed by atoms with Crippen LogP contribution < -0.4 is 25.8 Å². The lowest BCUT2D eigenvalue weighted by Gasteiger charge is -2.18. The summed E-state index contributed by atoms with van der Waals surface area (Å²) in [5.41, 5.74) is 7.31. The molecule has 1 amide bonds. The van der Waals surface area contributed by atoms with Gasteiger partial charge in [-0.15, -0.1) is 13.2 Å². The van der Waals surface area contributed by atoms with Gasteiger partial charge in [0, 0.05) is 5.69 Å². The quantitative estimate of drug-likeness (QED) is 0.237. The first kappa shape index (κ1) is 23.6. The molecule has 33 heavy (non-hydrogen) atoms. The van der Waals surface area contributed by atoms with Crippen LogP contribution in [0.4, 0.5) is 18.9 Å². The van der Waals surface area contributed by atoms with E-state index in [0.29, 0.717) is 11.1 Å². The van der Waals surface area contributed by atoms with Crippen LogP contribution in [0.1, 0.15) is 16.2 Å². The van der Waals surface area contributed by atoms with E-state index in [1.807, 2.05) is 0 Å². The van der Waals surface area contributed by atoms with E-state index in [1.165, 1.54) is 56.7 Å². The average Bonchev–Trinajstić information content (AvgIpc) is 2.78. The number of benzene rings is 2. The number of rotatable bonds is 7. The summed E-state index contributed by atoms with van der Waals surface area (Å²) in [5, 5.41) is 0.879. The van der Waals surface area contributed by atoms with Crippen molar-refractivity contribution in [3.63, 3.8) is 0 Å². The highest BCUT2D eigenvalue weighted by Crippen LogP contribution is 2.28. The van der Waals surface area contributed by atoms with Gasteiger partial charge in [0.15, 0.2) is 5.82 Å². The van der Waals surface area contributed by atoms with E-state index in [9.17, 15) is 18.0 Å². The number of amides is 1. The van der Waals surface area contributed by atoms with Crippen LogP contribution in [-0.4, -0.2) is 41.5 Å². The molecule has 3 aromatic rings. The highest BCUT2D eigenvalue weighted by Gasteiger charge is 2.31. The van der Waals surface area contributed by atoms with E-state index in [1.54, 1.807) is 6.07 Å². The predicted octanol–water partition coefficient (Wildman–Crippen LogP) is 3.16. The molecule has 0 unspecified atom stereocenters. The van der Waals surface area contributed by atoms with Crippen molar-refractivity contribution >= 4 is 11.6 Å². The van der Waals surface area contributed by atoms with Crippen molar-refractivity contribution in [3.05, 3.63) is 59.9 Å². The van der Waals surface area contributed by atoms with Crippen molar-refractivity contribution in [1.29, 1.82) is 0 Å². The number of anilines is 1. The number of aromatic nitrogens is 2. The van der Waals surface area contributed by atoms with Crippen LogP contribution in [0, 0.1) is 0 Å². The highest BCUT2D eigenvalue weighted by atomic mass is 19.4. The van der Waals surface area contributed by atoms with Crippen LogP contribution in [0.2, 0.25) is 0 Å². The van der Waals surface area contributed by atoms with Crippen LogP contribution in [0.15, 0.2) is 48.5 Å². The van der Waals surface area contributed by atoms with Gasteiger partial charge in [-0.25, -0.2) is 5.84 Å². The molecular formula is C21H20F3N5O4. The van der Waals surface area contributed by atoms with Crippen LogP contribution >= 0.6 is 0 Å². The van der Waals surface area contributed by atoms with Gasteiger partial charge >= 0.3 is 6.36 Å². The van der Waals surface area contributed by atoms with Gasteiger partial charge in [0.25, 0.3) is 5.91 Å². The van der Waals surface area contributed by atoms with Crippen molar-refractivity contribution in [1.82, 2.24) is 15.0 Å². The molecular weight excluding hydrogens is 443 g/mol. The smallest absolute Gasteiger partial charge is 0.481 e. The highest BCUT2D eigenvalue weighted by molar-refractivity contribution is 6.00. The van der Waals surface area contributed by atoms with Gasteiger partial charge in [-0.1, -0.05) is 18.2 Å². The number of halogens is 3. The molecule has 0 saturated heterocycles. The predicted molar refractivity (Wildman–Crippen MR) is 112 cm³/mol. The summed E-state index contributed by atoms with van der Waals surface area (Å²) >= 11 is 0. The third-order valence-corrected chi connectivity index (χ3v) is 4.42. The molecule has 4 N–H and O–H groups in total. The van der Waals surface area contributed by atoms with E-state index in [4.69, 9.17) is 21.1 Å². The van der Waals surface area contributed by atoms with Crippen LogP contribution in [0.3, 0.4) is 0 Å². The number of hydrazine groups is 1. The monoisotopic (exact) mass is 463 g/mol. The largest absolute Gasteiger partial charge is 0.573 e. The fraction of sp³-hybridized carbons (Fsp3) is 0.190. The van der Waals surface area contributed by atoms with Gasteiger partial charge in [-0.05, 0) is 35.4 Å². The summed E-state index contributed by atoms with van der Waals surface area (Å²) < 4.78 is 51.1. The topological polar surface area (TPSA) is 126 Å². The molecule has 1 heterocycles. The second-order valence-corrected chi connectivity index (χ2v) is 6.68.